The summed E-state index contributed by atoms with van der Waals surface area (Å²) in [7, 11) is 0. The molecule has 0 saturated heterocycles. The number of hydrogen-bond donors (Lipinski definition) is 2. The molecule has 0 radical (unpaired) electrons. The molecule has 30 heavy (non-hydrogen) atoms. The first-order chi connectivity index (χ1) is 14.1. The van der Waals surface area contributed by atoms with E-state index in [4.69, 9.17) is 0 Å². The fourth-order valence-corrected chi connectivity index (χ4v) is 2.95. The average molecular weight is 438 g/mol. The van der Waals surface area contributed by atoms with Gasteiger partial charge in [-0.15, -0.1) is 0 Å². The second-order valence-corrected chi connectivity index (χ2v) is 6.94. The van der Waals surface area contributed by atoms with Crippen LogP contribution >= 0.6 is 12.2 Å². The maximum absolute atomic E-state index is 13.9. The topological polar surface area (TPSA) is 52.0 Å². The van der Waals surface area contributed by atoms with Crippen molar-refractivity contribution in [1.82, 2.24) is 0 Å². The van der Waals surface area contributed by atoms with Gasteiger partial charge in [0.1, 0.15) is 11.6 Å². The number of thiocarbonyl (C=S) groups is 1. The molecule has 0 bridgehead atoms. The van der Waals surface area contributed by atoms with E-state index in [1.54, 1.807) is 0 Å². The molecular weight excluding hydrogens is 419 g/mol. The van der Waals surface area contributed by atoms with E-state index >= 15 is 0 Å². The summed E-state index contributed by atoms with van der Waals surface area (Å²) in [4.78, 5) is 0. The second-order valence-electron chi connectivity index (χ2n) is 6.47. The van der Waals surface area contributed by atoms with Gasteiger partial charge in [0.2, 0.25) is 0 Å². The van der Waals surface area contributed by atoms with Gasteiger partial charge in [-0.1, -0.05) is 42.5 Å². The van der Waals surface area contributed by atoms with E-state index in [-0.39, 0.29) is 10.7 Å². The lowest BCUT2D eigenvalue weighted by molar-refractivity contribution is -0.137. The highest BCUT2D eigenvalue weighted by molar-refractivity contribution is 7.80. The van der Waals surface area contributed by atoms with Gasteiger partial charge in [0.05, 0.1) is 5.56 Å². The fourth-order valence-electron chi connectivity index (χ4n) is 2.95. The van der Waals surface area contributed by atoms with Crippen LogP contribution in [0.5, 0.6) is 0 Å². The summed E-state index contributed by atoms with van der Waals surface area (Å²) in [6, 6.07) is 17.2. The van der Waals surface area contributed by atoms with Gasteiger partial charge in [0, 0.05) is 5.92 Å². The molecule has 4 N–H and O–H groups in total. The van der Waals surface area contributed by atoms with Crippen molar-refractivity contribution in [3.8, 4) is 0 Å². The molecule has 0 aliphatic rings. The standard InChI is InChI=1S/C21H15F5.CH4N2S/c22-18-8-6-15(7-9-18)20(10-14-4-2-1-3-5-14)16-11-17(21(24,25)26)13-19(23)12-16;2-1(3)4/h1-9,11-13,20H,10H2;(H4,2,3,4)/t20-;/m1./s1. The Morgan fingerprint density at radius 2 is 1.37 bits per heavy atom. The molecule has 0 saturated carbocycles. The summed E-state index contributed by atoms with van der Waals surface area (Å²) in [5, 5.41) is 0.000000000000000222. The SMILES string of the molecule is Fc1ccc([C@@H](Cc2ccccc2)c2cc(F)cc(C(F)(F)F)c2)cc1.NC(N)=S. The molecule has 0 fully saturated rings. The van der Waals surface area contributed by atoms with Crippen molar-refractivity contribution in [3.05, 3.63) is 107 Å². The second kappa shape index (κ2) is 10.2. The van der Waals surface area contributed by atoms with Crippen LogP contribution in [-0.4, -0.2) is 5.11 Å². The van der Waals surface area contributed by atoms with Crippen molar-refractivity contribution in [2.75, 3.05) is 0 Å². The lowest BCUT2D eigenvalue weighted by Gasteiger charge is -2.20. The van der Waals surface area contributed by atoms with Gasteiger partial charge >= 0.3 is 6.18 Å². The van der Waals surface area contributed by atoms with E-state index in [9.17, 15) is 22.0 Å². The maximum Gasteiger partial charge on any atom is 0.416 e. The molecule has 3 aromatic carbocycles. The number of rotatable bonds is 4. The lowest BCUT2D eigenvalue weighted by Crippen LogP contribution is -2.18. The van der Waals surface area contributed by atoms with E-state index < -0.39 is 29.3 Å². The highest BCUT2D eigenvalue weighted by Gasteiger charge is 2.32. The van der Waals surface area contributed by atoms with E-state index in [0.717, 1.165) is 17.7 Å². The van der Waals surface area contributed by atoms with E-state index in [2.05, 4.69) is 23.7 Å². The van der Waals surface area contributed by atoms with Gasteiger partial charge in [-0.2, -0.15) is 13.2 Å². The summed E-state index contributed by atoms with van der Waals surface area (Å²) in [5.41, 5.74) is 9.92. The average Bonchev–Trinajstić information content (AvgIpc) is 2.66. The van der Waals surface area contributed by atoms with Gasteiger partial charge in [-0.05, 0) is 65.7 Å². The van der Waals surface area contributed by atoms with Crippen molar-refractivity contribution in [3.63, 3.8) is 0 Å². The van der Waals surface area contributed by atoms with Gasteiger partial charge in [0.25, 0.3) is 0 Å². The number of hydrogen-bond acceptors (Lipinski definition) is 1. The summed E-state index contributed by atoms with van der Waals surface area (Å²) >= 11 is 4.09. The minimum Gasteiger partial charge on any atom is -0.377 e. The van der Waals surface area contributed by atoms with Crippen molar-refractivity contribution >= 4 is 17.3 Å². The fraction of sp³-hybridized carbons (Fsp3) is 0.136. The molecule has 0 amide bonds. The van der Waals surface area contributed by atoms with Crippen LogP contribution in [-0.2, 0) is 12.6 Å². The molecule has 1 atom stereocenters. The minimum absolute atomic E-state index is 0.000000000000000222. The van der Waals surface area contributed by atoms with Crippen molar-refractivity contribution in [1.29, 1.82) is 0 Å². The number of alkyl halides is 3. The zero-order chi connectivity index (χ0) is 22.3. The van der Waals surface area contributed by atoms with Gasteiger partial charge in [0.15, 0.2) is 5.11 Å². The van der Waals surface area contributed by atoms with Crippen LogP contribution in [0.3, 0.4) is 0 Å². The predicted molar refractivity (Wildman–Crippen MR) is 111 cm³/mol. The van der Waals surface area contributed by atoms with Crippen molar-refractivity contribution in [2.45, 2.75) is 18.5 Å². The normalized spacial score (nSPS) is 11.9. The highest BCUT2D eigenvalue weighted by Crippen LogP contribution is 2.35. The maximum atomic E-state index is 13.9. The molecule has 0 spiro atoms. The molecule has 158 valence electrons. The monoisotopic (exact) mass is 438 g/mol. The third-order valence-electron chi connectivity index (χ3n) is 4.20. The Labute approximate surface area is 176 Å². The minimum atomic E-state index is -4.64. The molecule has 0 heterocycles. The zero-order valence-electron chi connectivity index (χ0n) is 15.7. The third-order valence-corrected chi connectivity index (χ3v) is 4.20. The lowest BCUT2D eigenvalue weighted by atomic mass is 9.85. The molecular formula is C22H19F5N2S. The van der Waals surface area contributed by atoms with E-state index in [1.807, 2.05) is 30.3 Å². The summed E-state index contributed by atoms with van der Waals surface area (Å²) in [5.74, 6) is -1.92. The van der Waals surface area contributed by atoms with Gasteiger partial charge < -0.3 is 11.5 Å². The van der Waals surface area contributed by atoms with E-state index in [1.165, 1.54) is 24.3 Å². The highest BCUT2D eigenvalue weighted by atomic mass is 32.1. The number of benzene rings is 3. The zero-order valence-corrected chi connectivity index (χ0v) is 16.5. The molecule has 0 aromatic heterocycles. The summed E-state index contributed by atoms with van der Waals surface area (Å²) in [6.07, 6.45) is -4.27. The van der Waals surface area contributed by atoms with Crippen LogP contribution in [0.4, 0.5) is 22.0 Å². The van der Waals surface area contributed by atoms with Crippen LogP contribution in [0.15, 0.2) is 72.8 Å². The molecule has 0 aliphatic heterocycles. The Bertz CT molecular complexity index is 969. The summed E-state index contributed by atoms with van der Waals surface area (Å²) in [6.45, 7) is 0. The van der Waals surface area contributed by atoms with Gasteiger partial charge in [-0.3, -0.25) is 0 Å². The molecule has 2 nitrogen and oxygen atoms in total. The largest absolute Gasteiger partial charge is 0.416 e. The first-order valence-corrected chi connectivity index (χ1v) is 9.19. The van der Waals surface area contributed by atoms with Crippen molar-refractivity contribution in [2.24, 2.45) is 11.5 Å². The van der Waals surface area contributed by atoms with Crippen LogP contribution < -0.4 is 11.5 Å². The van der Waals surface area contributed by atoms with Crippen LogP contribution in [0.1, 0.15) is 28.2 Å². The Kier molecular flexibility index (Phi) is 7.88. The first-order valence-electron chi connectivity index (χ1n) is 8.78. The molecule has 3 aromatic rings. The Balaban J connectivity index is 0.000000735. The molecule has 3 rings (SSSR count). The number of halogens is 5. The van der Waals surface area contributed by atoms with Crippen LogP contribution in [0.25, 0.3) is 0 Å². The smallest absolute Gasteiger partial charge is 0.377 e. The number of nitrogens with two attached hydrogens (primary N) is 2. The van der Waals surface area contributed by atoms with Crippen molar-refractivity contribution < 1.29 is 22.0 Å². The molecule has 0 unspecified atom stereocenters. The van der Waals surface area contributed by atoms with Gasteiger partial charge in [-0.25, -0.2) is 8.78 Å². The van der Waals surface area contributed by atoms with E-state index in [0.29, 0.717) is 18.1 Å². The predicted octanol–water partition coefficient (Wildman–Crippen LogP) is 5.55. The van der Waals surface area contributed by atoms with Crippen LogP contribution in [0.2, 0.25) is 0 Å². The third kappa shape index (κ3) is 7.11. The summed E-state index contributed by atoms with van der Waals surface area (Å²) < 4.78 is 66.4. The van der Waals surface area contributed by atoms with Crippen LogP contribution in [0, 0.1) is 11.6 Å². The Hall–Kier alpha value is -3.00. The quantitative estimate of drug-likeness (QED) is 0.415. The molecule has 0 aliphatic carbocycles. The first kappa shape index (κ1) is 23.3. The Morgan fingerprint density at radius 1 is 0.800 bits per heavy atom. The Morgan fingerprint density at radius 3 is 1.90 bits per heavy atom. The molecule has 8 heteroatoms.